The van der Waals surface area contributed by atoms with E-state index in [1.807, 2.05) is 38.1 Å². The van der Waals surface area contributed by atoms with Crippen LogP contribution in [0.1, 0.15) is 64.6 Å². The fraction of sp³-hybridized carbons (Fsp3) is 0.333. The molecule has 4 heterocycles. The Bertz CT molecular complexity index is 2010. The van der Waals surface area contributed by atoms with E-state index < -0.39 is 23.7 Å². The Kier molecular flexibility index (Phi) is 7.22. The van der Waals surface area contributed by atoms with Gasteiger partial charge in [-0.15, -0.1) is 0 Å². The van der Waals surface area contributed by atoms with Gasteiger partial charge in [0.2, 0.25) is 0 Å². The number of imidazole rings is 1. The third-order valence-electron chi connectivity index (χ3n) is 9.20. The van der Waals surface area contributed by atoms with Crippen molar-refractivity contribution in [2.75, 3.05) is 0 Å². The molecule has 1 aliphatic heterocycles. The van der Waals surface area contributed by atoms with E-state index in [4.69, 9.17) is 5.10 Å². The second-order valence-electron chi connectivity index (χ2n) is 12.1. The van der Waals surface area contributed by atoms with Gasteiger partial charge in [0.25, 0.3) is 11.5 Å². The lowest BCUT2D eigenvalue weighted by molar-refractivity contribution is -0.138. The maximum atomic E-state index is 14.4. The van der Waals surface area contributed by atoms with Crippen LogP contribution in [0.15, 0.2) is 64.3 Å². The van der Waals surface area contributed by atoms with Gasteiger partial charge in [0.15, 0.2) is 0 Å². The molecule has 12 heteroatoms. The van der Waals surface area contributed by atoms with Crippen molar-refractivity contribution >= 4 is 27.5 Å². The van der Waals surface area contributed by atoms with Gasteiger partial charge in [0, 0.05) is 27.2 Å². The molecule has 5 aromatic rings. The molecule has 0 spiro atoms. The van der Waals surface area contributed by atoms with Crippen molar-refractivity contribution < 1.29 is 18.0 Å². The average molecular weight is 680 g/mol. The number of hydrogen-bond acceptors (Lipinski definition) is 4. The summed E-state index contributed by atoms with van der Waals surface area (Å²) in [5.74, 6) is -0.0170. The van der Waals surface area contributed by atoms with E-state index in [1.165, 1.54) is 23.5 Å². The molecule has 45 heavy (non-hydrogen) atoms. The van der Waals surface area contributed by atoms with Crippen molar-refractivity contribution in [3.05, 3.63) is 103 Å². The van der Waals surface area contributed by atoms with E-state index in [0.717, 1.165) is 47.8 Å². The number of amides is 1. The smallest absolute Gasteiger partial charge is 0.344 e. The minimum atomic E-state index is -4.62. The second-order valence-corrected chi connectivity index (χ2v) is 12.9. The molecule has 0 saturated heterocycles. The van der Waals surface area contributed by atoms with Crippen molar-refractivity contribution in [2.24, 2.45) is 5.92 Å². The van der Waals surface area contributed by atoms with E-state index in [1.54, 1.807) is 21.6 Å². The monoisotopic (exact) mass is 678 g/mol. The third kappa shape index (κ3) is 5.08. The quantitative estimate of drug-likeness (QED) is 0.219. The van der Waals surface area contributed by atoms with Crippen LogP contribution in [0.2, 0.25) is 0 Å². The predicted molar refractivity (Wildman–Crippen MR) is 166 cm³/mol. The summed E-state index contributed by atoms with van der Waals surface area (Å²) >= 11 is 2.95. The van der Waals surface area contributed by atoms with Crippen LogP contribution < -0.4 is 5.56 Å². The van der Waals surface area contributed by atoms with Gasteiger partial charge in [0.05, 0.1) is 47.4 Å². The van der Waals surface area contributed by atoms with Crippen LogP contribution in [-0.4, -0.2) is 41.0 Å². The summed E-state index contributed by atoms with van der Waals surface area (Å²) in [6.07, 6.45) is 3.29. The molecular formula is C33H30BrF3N6O2. The third-order valence-corrected chi connectivity index (χ3v) is 9.89. The number of benzene rings is 2. The van der Waals surface area contributed by atoms with Crippen molar-refractivity contribution in [3.63, 3.8) is 0 Å². The Morgan fingerprint density at radius 1 is 1.13 bits per heavy atom. The van der Waals surface area contributed by atoms with E-state index in [-0.39, 0.29) is 28.6 Å². The Morgan fingerprint density at radius 3 is 2.53 bits per heavy atom. The Labute approximate surface area is 265 Å². The highest BCUT2D eigenvalue weighted by Gasteiger charge is 2.36. The number of aromatic amines is 1. The summed E-state index contributed by atoms with van der Waals surface area (Å²) in [5.41, 5.74) is 5.00. The van der Waals surface area contributed by atoms with Gasteiger partial charge in [-0.05, 0) is 68.5 Å². The highest BCUT2D eigenvalue weighted by atomic mass is 79.9. The molecule has 2 aliphatic rings. The fourth-order valence-electron chi connectivity index (χ4n) is 6.52. The van der Waals surface area contributed by atoms with Gasteiger partial charge in [-0.1, -0.05) is 47.3 Å². The van der Waals surface area contributed by atoms with E-state index in [2.05, 4.69) is 25.9 Å². The second kappa shape index (κ2) is 11.0. The predicted octanol–water partition coefficient (Wildman–Crippen LogP) is 6.89. The van der Waals surface area contributed by atoms with Crippen LogP contribution in [0.3, 0.4) is 0 Å². The molecule has 1 aliphatic carbocycles. The van der Waals surface area contributed by atoms with Crippen molar-refractivity contribution in [2.45, 2.75) is 64.7 Å². The zero-order valence-electron chi connectivity index (χ0n) is 24.7. The molecule has 0 unspecified atom stereocenters. The number of fused-ring (bicyclic) bond motifs is 3. The molecule has 0 bridgehead atoms. The average Bonchev–Trinajstić information content (AvgIpc) is 3.61. The Morgan fingerprint density at radius 2 is 1.89 bits per heavy atom. The Hall–Kier alpha value is -4.19. The highest BCUT2D eigenvalue weighted by molar-refractivity contribution is 9.10. The highest BCUT2D eigenvalue weighted by Crippen LogP contribution is 2.37. The summed E-state index contributed by atoms with van der Waals surface area (Å²) in [6.45, 7) is 3.78. The molecule has 1 atom stereocenters. The Balaban J connectivity index is 1.33. The number of aromatic nitrogens is 5. The molecule has 232 valence electrons. The molecule has 0 radical (unpaired) electrons. The minimum Gasteiger partial charge on any atom is -0.344 e. The lowest BCUT2D eigenvalue weighted by Crippen LogP contribution is -2.46. The molecular weight excluding hydrogens is 649 g/mol. The first-order chi connectivity index (χ1) is 21.5. The molecule has 1 saturated carbocycles. The number of halogens is 4. The molecule has 7 rings (SSSR count). The van der Waals surface area contributed by atoms with E-state index in [9.17, 15) is 22.8 Å². The fourth-order valence-corrected chi connectivity index (χ4v) is 6.99. The molecule has 1 amide bonds. The van der Waals surface area contributed by atoms with Crippen molar-refractivity contribution in [1.82, 2.24) is 29.0 Å². The van der Waals surface area contributed by atoms with Crippen LogP contribution >= 0.6 is 15.9 Å². The zero-order chi connectivity index (χ0) is 31.6. The van der Waals surface area contributed by atoms with Gasteiger partial charge in [-0.2, -0.15) is 18.3 Å². The summed E-state index contributed by atoms with van der Waals surface area (Å²) in [7, 11) is 0. The molecule has 2 aromatic carbocycles. The van der Waals surface area contributed by atoms with Gasteiger partial charge < -0.3 is 9.88 Å². The van der Waals surface area contributed by atoms with E-state index in [0.29, 0.717) is 28.5 Å². The largest absolute Gasteiger partial charge is 0.417 e. The van der Waals surface area contributed by atoms with Crippen molar-refractivity contribution in [1.29, 1.82) is 0 Å². The maximum Gasteiger partial charge on any atom is 0.417 e. The number of alkyl halides is 3. The minimum absolute atomic E-state index is 0.0436. The molecule has 8 nitrogen and oxygen atoms in total. The normalized spacial score (nSPS) is 17.0. The molecule has 1 N–H and O–H groups in total. The number of rotatable bonds is 5. The number of hydrogen-bond donors (Lipinski definition) is 1. The van der Waals surface area contributed by atoms with Crippen LogP contribution in [0.25, 0.3) is 22.6 Å². The van der Waals surface area contributed by atoms with Gasteiger partial charge in [-0.3, -0.25) is 14.2 Å². The lowest BCUT2D eigenvalue weighted by Gasteiger charge is -2.35. The van der Waals surface area contributed by atoms with Crippen LogP contribution in [0, 0.1) is 12.8 Å². The topological polar surface area (TPSA) is 88.3 Å². The number of carbonyl (C=O) groups excluding carboxylic acids is 1. The number of H-pyrrole nitrogens is 1. The van der Waals surface area contributed by atoms with Gasteiger partial charge in [0.1, 0.15) is 5.65 Å². The van der Waals surface area contributed by atoms with Gasteiger partial charge in [-0.25, -0.2) is 9.50 Å². The molecule has 1 fully saturated rings. The van der Waals surface area contributed by atoms with Gasteiger partial charge >= 0.3 is 6.18 Å². The summed E-state index contributed by atoms with van der Waals surface area (Å²) in [4.78, 5) is 37.0. The van der Waals surface area contributed by atoms with Crippen LogP contribution in [-0.2, 0) is 25.6 Å². The number of nitrogens with zero attached hydrogens (tertiary/aromatic N) is 5. The molecule has 3 aromatic heterocycles. The first-order valence-corrected chi connectivity index (χ1v) is 15.7. The summed E-state index contributed by atoms with van der Waals surface area (Å²) in [6, 6.07) is 10.8. The number of nitrogens with one attached hydrogen (secondary N) is 1. The number of aryl methyl sites for hydroxylation is 1. The summed E-state index contributed by atoms with van der Waals surface area (Å²) in [5, 5.41) is 4.74. The first kappa shape index (κ1) is 29.5. The lowest BCUT2D eigenvalue weighted by atomic mass is 9.81. The standard InChI is InChI=1S/C33H30BrF3N6O2/c1-18-12-25-28(16-41(18)31(44)22-8-11-27(34)26(14-22)33(35,36)37)43-30(23(15-40-43)13-20-4-3-5-20)42(32(25)45)24-9-6-21(7-10-24)29-19(2)38-17-39-29/h6-11,14-15,17-18,20H,3-5,12-13,16H2,1-2H3,(H,38,39)/t18-/m1/s1. The van der Waals surface area contributed by atoms with Crippen LogP contribution in [0.4, 0.5) is 13.2 Å². The first-order valence-electron chi connectivity index (χ1n) is 14.9. The van der Waals surface area contributed by atoms with E-state index >= 15 is 0 Å². The maximum absolute atomic E-state index is 14.4. The SMILES string of the molecule is Cc1nc[nH]c1-c1ccc(-n2c(=O)c3c(n4ncc(CC5CCC5)c24)CN(C(=O)c2ccc(Br)c(C(F)(F)F)c2)[C@H](C)C3)cc1. The summed E-state index contributed by atoms with van der Waals surface area (Å²) < 4.78 is 44.2. The number of carbonyl (C=O) groups is 1. The van der Waals surface area contributed by atoms with Crippen LogP contribution in [0.5, 0.6) is 0 Å². The zero-order valence-corrected chi connectivity index (χ0v) is 26.2. The van der Waals surface area contributed by atoms with Crippen molar-refractivity contribution in [3.8, 4) is 16.9 Å².